The predicted molar refractivity (Wildman–Crippen MR) is 62.6 cm³/mol. The molecule has 1 aromatic rings. The minimum Gasteiger partial charge on any atom is -0.411 e. The van der Waals surface area contributed by atoms with E-state index in [0.717, 1.165) is 10.0 Å². The van der Waals surface area contributed by atoms with Gasteiger partial charge in [0.05, 0.1) is 0 Å². The van der Waals surface area contributed by atoms with E-state index in [9.17, 15) is 0 Å². The van der Waals surface area contributed by atoms with Crippen molar-refractivity contribution in [1.82, 2.24) is 0 Å². The lowest BCUT2D eigenvalue weighted by atomic mass is 10.1. The summed E-state index contributed by atoms with van der Waals surface area (Å²) in [5.41, 5.74) is 1.74. The quantitative estimate of drug-likeness (QED) is 0.522. The topological polar surface area (TPSA) is 54.2 Å². The van der Waals surface area contributed by atoms with E-state index < -0.39 is 0 Å². The Morgan fingerprint density at radius 2 is 1.93 bits per heavy atom. The third kappa shape index (κ3) is 3.06. The van der Waals surface area contributed by atoms with Crippen LogP contribution in [0.1, 0.15) is 12.5 Å². The highest BCUT2D eigenvalue weighted by Gasteiger charge is 2.08. The van der Waals surface area contributed by atoms with Crippen LogP contribution < -0.4 is 0 Å². The lowest BCUT2D eigenvalue weighted by Gasteiger charge is -2.03. The Bertz CT molecular complexity index is 385. The zero-order chi connectivity index (χ0) is 11.3. The molecule has 0 aromatic heterocycles. The number of benzene rings is 1. The third-order valence-corrected chi connectivity index (χ3v) is 2.32. The molecule has 0 atom stereocenters. The zero-order valence-corrected chi connectivity index (χ0v) is 10.0. The Labute approximate surface area is 96.4 Å². The van der Waals surface area contributed by atoms with Crippen molar-refractivity contribution in [3.8, 4) is 0 Å². The van der Waals surface area contributed by atoms with Gasteiger partial charge in [0.15, 0.2) is 0 Å². The molecule has 0 saturated carbocycles. The average molecular weight is 271 g/mol. The van der Waals surface area contributed by atoms with Gasteiger partial charge < -0.3 is 10.0 Å². The van der Waals surface area contributed by atoms with Gasteiger partial charge in [-0.15, -0.1) is 0 Å². The molecular formula is C10H11BrN2O2. The minimum atomic E-state index is 0.402. The minimum absolute atomic E-state index is 0.402. The number of halogens is 1. The van der Waals surface area contributed by atoms with E-state index in [0.29, 0.717) is 11.4 Å². The Morgan fingerprint density at radius 1 is 1.33 bits per heavy atom. The maximum Gasteiger partial charge on any atom is 0.134 e. The van der Waals surface area contributed by atoms with Gasteiger partial charge in [0.1, 0.15) is 18.5 Å². The molecule has 0 aliphatic rings. The molecule has 0 radical (unpaired) electrons. The Balaban J connectivity index is 3.11. The van der Waals surface area contributed by atoms with E-state index in [-0.39, 0.29) is 0 Å². The van der Waals surface area contributed by atoms with E-state index in [1.807, 2.05) is 24.3 Å². The first kappa shape index (κ1) is 11.7. The third-order valence-electron chi connectivity index (χ3n) is 1.79. The molecule has 1 aromatic carbocycles. The molecule has 0 heterocycles. The summed E-state index contributed by atoms with van der Waals surface area (Å²) in [6, 6.07) is 7.48. The summed E-state index contributed by atoms with van der Waals surface area (Å²) < 4.78 is 0.974. The largest absolute Gasteiger partial charge is 0.411 e. The van der Waals surface area contributed by atoms with Gasteiger partial charge in [-0.1, -0.05) is 38.4 Å². The van der Waals surface area contributed by atoms with Gasteiger partial charge in [-0.25, -0.2) is 0 Å². The van der Waals surface area contributed by atoms with Crippen molar-refractivity contribution in [2.75, 3.05) is 7.11 Å². The van der Waals surface area contributed by atoms with Crippen LogP contribution in [0.3, 0.4) is 0 Å². The fourth-order valence-electron chi connectivity index (χ4n) is 1.07. The molecule has 0 aliphatic carbocycles. The van der Waals surface area contributed by atoms with Crippen molar-refractivity contribution in [2.45, 2.75) is 6.92 Å². The van der Waals surface area contributed by atoms with Crippen LogP contribution in [-0.4, -0.2) is 23.7 Å². The number of hydrogen-bond acceptors (Lipinski definition) is 4. The molecule has 0 fully saturated rings. The second-order valence-electron chi connectivity index (χ2n) is 2.81. The zero-order valence-electron chi connectivity index (χ0n) is 8.44. The van der Waals surface area contributed by atoms with E-state index in [2.05, 4.69) is 26.2 Å². The first-order chi connectivity index (χ1) is 7.19. The molecule has 0 aliphatic heterocycles. The first-order valence-electron chi connectivity index (χ1n) is 4.25. The molecule has 0 amide bonds. The fourth-order valence-corrected chi connectivity index (χ4v) is 1.34. The SMILES string of the molecule is CO/N=C(/C(C)=N/O)c1ccc(Br)cc1. The maximum absolute atomic E-state index is 8.69. The molecular weight excluding hydrogens is 260 g/mol. The average Bonchev–Trinajstić information content (AvgIpc) is 2.26. The molecule has 4 nitrogen and oxygen atoms in total. The maximum atomic E-state index is 8.69. The molecule has 1 rings (SSSR count). The Hall–Kier alpha value is -1.36. The first-order valence-corrected chi connectivity index (χ1v) is 5.04. The van der Waals surface area contributed by atoms with Gasteiger partial charge in [-0.05, 0) is 19.1 Å². The summed E-state index contributed by atoms with van der Waals surface area (Å²) in [5, 5.41) is 15.6. The van der Waals surface area contributed by atoms with Crippen molar-refractivity contribution >= 4 is 27.4 Å². The van der Waals surface area contributed by atoms with E-state index >= 15 is 0 Å². The van der Waals surface area contributed by atoms with Crippen molar-refractivity contribution in [1.29, 1.82) is 0 Å². The summed E-state index contributed by atoms with van der Waals surface area (Å²) in [6.45, 7) is 1.65. The molecule has 5 heteroatoms. The predicted octanol–water partition coefficient (Wildman–Crippen LogP) is 2.65. The summed E-state index contributed by atoms with van der Waals surface area (Å²) in [6.07, 6.45) is 0. The molecule has 0 bridgehead atoms. The van der Waals surface area contributed by atoms with E-state index in [4.69, 9.17) is 10.0 Å². The molecule has 15 heavy (non-hydrogen) atoms. The normalized spacial score (nSPS) is 12.7. The lowest BCUT2D eigenvalue weighted by Crippen LogP contribution is -2.12. The Kier molecular flexibility index (Phi) is 4.30. The van der Waals surface area contributed by atoms with Gasteiger partial charge in [0, 0.05) is 10.0 Å². The van der Waals surface area contributed by atoms with Gasteiger partial charge >= 0.3 is 0 Å². The Morgan fingerprint density at radius 3 is 2.40 bits per heavy atom. The second-order valence-corrected chi connectivity index (χ2v) is 3.73. The van der Waals surface area contributed by atoms with Crippen LogP contribution in [0.4, 0.5) is 0 Å². The van der Waals surface area contributed by atoms with Crippen LogP contribution in [0.5, 0.6) is 0 Å². The van der Waals surface area contributed by atoms with Crippen molar-refractivity contribution in [3.63, 3.8) is 0 Å². The molecule has 0 saturated heterocycles. The molecule has 1 N–H and O–H groups in total. The van der Waals surface area contributed by atoms with Gasteiger partial charge in [0.25, 0.3) is 0 Å². The van der Waals surface area contributed by atoms with Crippen LogP contribution in [0.25, 0.3) is 0 Å². The van der Waals surface area contributed by atoms with E-state index in [1.54, 1.807) is 6.92 Å². The summed E-state index contributed by atoms with van der Waals surface area (Å²) in [4.78, 5) is 4.70. The van der Waals surface area contributed by atoms with Gasteiger partial charge in [0.2, 0.25) is 0 Å². The van der Waals surface area contributed by atoms with Crippen LogP contribution in [0.15, 0.2) is 39.0 Å². The summed E-state index contributed by atoms with van der Waals surface area (Å²) >= 11 is 3.34. The number of oxime groups is 2. The number of hydrogen-bond donors (Lipinski definition) is 1. The summed E-state index contributed by atoms with van der Waals surface area (Å²) in [7, 11) is 1.45. The number of nitrogens with zero attached hydrogens (tertiary/aromatic N) is 2. The summed E-state index contributed by atoms with van der Waals surface area (Å²) in [5.74, 6) is 0. The molecule has 0 spiro atoms. The highest BCUT2D eigenvalue weighted by molar-refractivity contribution is 9.10. The second kappa shape index (κ2) is 5.50. The van der Waals surface area contributed by atoms with Crippen LogP contribution in [-0.2, 0) is 4.84 Å². The van der Waals surface area contributed by atoms with Crippen LogP contribution >= 0.6 is 15.9 Å². The fraction of sp³-hybridized carbons (Fsp3) is 0.200. The van der Waals surface area contributed by atoms with Crippen molar-refractivity contribution in [2.24, 2.45) is 10.3 Å². The van der Waals surface area contributed by atoms with Crippen LogP contribution in [0.2, 0.25) is 0 Å². The standard InChI is InChI=1S/C10H11BrN2O2/c1-7(12-14)10(13-15-2)8-3-5-9(11)6-4-8/h3-6,14H,1-2H3/b12-7+,13-10-. The van der Waals surface area contributed by atoms with Crippen molar-refractivity contribution < 1.29 is 10.0 Å². The van der Waals surface area contributed by atoms with Gasteiger partial charge in [-0.2, -0.15) is 0 Å². The molecule has 80 valence electrons. The van der Waals surface area contributed by atoms with Crippen LogP contribution in [0, 0.1) is 0 Å². The lowest BCUT2D eigenvalue weighted by molar-refractivity contribution is 0.214. The monoisotopic (exact) mass is 270 g/mol. The van der Waals surface area contributed by atoms with E-state index in [1.165, 1.54) is 7.11 Å². The highest BCUT2D eigenvalue weighted by Crippen LogP contribution is 2.12. The number of rotatable bonds is 3. The van der Waals surface area contributed by atoms with Gasteiger partial charge in [-0.3, -0.25) is 0 Å². The highest BCUT2D eigenvalue weighted by atomic mass is 79.9. The smallest absolute Gasteiger partial charge is 0.134 e. The van der Waals surface area contributed by atoms with Crippen molar-refractivity contribution in [3.05, 3.63) is 34.3 Å². The molecule has 0 unspecified atom stereocenters.